The first-order valence-corrected chi connectivity index (χ1v) is 8.09. The number of hydrogen-bond donors (Lipinski definition) is 1. The zero-order valence-electron chi connectivity index (χ0n) is 13.1. The Kier molecular flexibility index (Phi) is 4.81. The molecular formula is C17H22N2O4. The SMILES string of the molecule is NC(=O)COc1ccc(C(=O)N2CCO[C@@H]3CCCC[C@@H]32)cc1. The summed E-state index contributed by atoms with van der Waals surface area (Å²) in [6.07, 6.45) is 4.55. The largest absolute Gasteiger partial charge is 0.484 e. The number of amides is 2. The number of nitrogens with two attached hydrogens (primary N) is 1. The fraction of sp³-hybridized carbons (Fsp3) is 0.529. The van der Waals surface area contributed by atoms with E-state index in [2.05, 4.69) is 0 Å². The van der Waals surface area contributed by atoms with Gasteiger partial charge < -0.3 is 20.1 Å². The first kappa shape index (κ1) is 15.8. The smallest absolute Gasteiger partial charge is 0.255 e. The predicted molar refractivity (Wildman–Crippen MR) is 84.2 cm³/mol. The third kappa shape index (κ3) is 3.64. The summed E-state index contributed by atoms with van der Waals surface area (Å²) in [4.78, 5) is 25.5. The molecule has 6 heteroatoms. The molecule has 0 bridgehead atoms. The fourth-order valence-electron chi connectivity index (χ4n) is 3.36. The molecular weight excluding hydrogens is 296 g/mol. The van der Waals surface area contributed by atoms with Crippen LogP contribution in [0.5, 0.6) is 5.75 Å². The average molecular weight is 318 g/mol. The third-order valence-electron chi connectivity index (χ3n) is 4.48. The topological polar surface area (TPSA) is 81.9 Å². The Labute approximate surface area is 135 Å². The van der Waals surface area contributed by atoms with E-state index in [4.69, 9.17) is 15.2 Å². The zero-order valence-corrected chi connectivity index (χ0v) is 13.1. The van der Waals surface area contributed by atoms with Gasteiger partial charge >= 0.3 is 0 Å². The average Bonchev–Trinajstić information content (AvgIpc) is 2.59. The Morgan fingerprint density at radius 3 is 2.70 bits per heavy atom. The molecule has 0 unspecified atom stereocenters. The molecule has 1 aliphatic carbocycles. The number of morpholine rings is 1. The molecule has 1 saturated heterocycles. The lowest BCUT2D eigenvalue weighted by molar-refractivity contribution is -0.119. The minimum atomic E-state index is -0.526. The molecule has 2 atom stereocenters. The van der Waals surface area contributed by atoms with Crippen LogP contribution in [0.1, 0.15) is 36.0 Å². The van der Waals surface area contributed by atoms with Crippen LogP contribution >= 0.6 is 0 Å². The van der Waals surface area contributed by atoms with Gasteiger partial charge in [0.05, 0.1) is 18.8 Å². The number of hydrogen-bond acceptors (Lipinski definition) is 4. The van der Waals surface area contributed by atoms with Crippen LogP contribution in [-0.2, 0) is 9.53 Å². The summed E-state index contributed by atoms with van der Waals surface area (Å²) in [7, 11) is 0. The van der Waals surface area contributed by atoms with E-state index in [1.165, 1.54) is 6.42 Å². The van der Waals surface area contributed by atoms with Gasteiger partial charge in [0.15, 0.2) is 6.61 Å². The van der Waals surface area contributed by atoms with Crippen LogP contribution in [0.2, 0.25) is 0 Å². The molecule has 1 aromatic carbocycles. The zero-order chi connectivity index (χ0) is 16.2. The molecule has 0 radical (unpaired) electrons. The van der Waals surface area contributed by atoms with Crippen LogP contribution in [0.25, 0.3) is 0 Å². The maximum atomic E-state index is 12.8. The normalized spacial score (nSPS) is 23.9. The van der Waals surface area contributed by atoms with Crippen molar-refractivity contribution in [3.8, 4) is 5.75 Å². The van der Waals surface area contributed by atoms with Crippen molar-refractivity contribution < 1.29 is 19.1 Å². The number of primary amides is 1. The van der Waals surface area contributed by atoms with E-state index in [0.717, 1.165) is 19.3 Å². The molecule has 0 aromatic heterocycles. The van der Waals surface area contributed by atoms with Gasteiger partial charge in [-0.15, -0.1) is 0 Å². The van der Waals surface area contributed by atoms with Crippen LogP contribution in [0, 0.1) is 0 Å². The van der Waals surface area contributed by atoms with Gasteiger partial charge in [-0.25, -0.2) is 0 Å². The molecule has 2 fully saturated rings. The van der Waals surface area contributed by atoms with Gasteiger partial charge in [0.25, 0.3) is 11.8 Å². The molecule has 0 spiro atoms. The lowest BCUT2D eigenvalue weighted by atomic mass is 9.89. The van der Waals surface area contributed by atoms with Gasteiger partial charge in [0, 0.05) is 12.1 Å². The number of fused-ring (bicyclic) bond motifs is 1. The molecule has 2 amide bonds. The summed E-state index contributed by atoms with van der Waals surface area (Å²) < 4.78 is 11.0. The van der Waals surface area contributed by atoms with Gasteiger partial charge in [-0.05, 0) is 37.1 Å². The van der Waals surface area contributed by atoms with Crippen LogP contribution in [0.4, 0.5) is 0 Å². The highest BCUT2D eigenvalue weighted by Gasteiger charge is 2.36. The Hall–Kier alpha value is -2.08. The number of carbonyl (C=O) groups is 2. The molecule has 1 heterocycles. The Morgan fingerprint density at radius 2 is 1.96 bits per heavy atom. The van der Waals surface area contributed by atoms with Gasteiger partial charge in [0.1, 0.15) is 5.75 Å². The van der Waals surface area contributed by atoms with Gasteiger partial charge in [-0.1, -0.05) is 12.8 Å². The lowest BCUT2D eigenvalue weighted by Crippen LogP contribution is -2.54. The van der Waals surface area contributed by atoms with E-state index < -0.39 is 5.91 Å². The molecule has 23 heavy (non-hydrogen) atoms. The molecule has 1 aliphatic heterocycles. The maximum Gasteiger partial charge on any atom is 0.255 e. The summed E-state index contributed by atoms with van der Waals surface area (Å²) in [5.41, 5.74) is 5.67. The highest BCUT2D eigenvalue weighted by molar-refractivity contribution is 5.94. The standard InChI is InChI=1S/C17H22N2O4/c18-16(20)11-23-13-7-5-12(6-8-13)17(21)19-9-10-22-15-4-2-1-3-14(15)19/h5-8,14-15H,1-4,9-11H2,(H2,18,20)/t14-,15+/m0/s1. The van der Waals surface area contributed by atoms with Gasteiger partial charge in [-0.2, -0.15) is 0 Å². The molecule has 3 rings (SSSR count). The minimum Gasteiger partial charge on any atom is -0.484 e. The Morgan fingerprint density at radius 1 is 1.22 bits per heavy atom. The second kappa shape index (κ2) is 7.00. The monoisotopic (exact) mass is 318 g/mol. The number of benzene rings is 1. The van der Waals surface area contributed by atoms with Crippen molar-refractivity contribution in [3.63, 3.8) is 0 Å². The number of ether oxygens (including phenoxy) is 2. The van der Waals surface area contributed by atoms with Crippen molar-refractivity contribution in [1.29, 1.82) is 0 Å². The first-order valence-electron chi connectivity index (χ1n) is 8.09. The van der Waals surface area contributed by atoms with Crippen LogP contribution < -0.4 is 10.5 Å². The summed E-state index contributed by atoms with van der Waals surface area (Å²) in [6, 6.07) is 7.03. The van der Waals surface area contributed by atoms with Crippen molar-refractivity contribution in [1.82, 2.24) is 4.90 Å². The van der Waals surface area contributed by atoms with E-state index in [1.54, 1.807) is 24.3 Å². The highest BCUT2D eigenvalue weighted by atomic mass is 16.5. The quantitative estimate of drug-likeness (QED) is 0.908. The van der Waals surface area contributed by atoms with Crippen LogP contribution in [0.3, 0.4) is 0 Å². The van der Waals surface area contributed by atoms with Crippen molar-refractivity contribution in [3.05, 3.63) is 29.8 Å². The summed E-state index contributed by atoms with van der Waals surface area (Å²) >= 11 is 0. The Bertz CT molecular complexity index is 570. The molecule has 124 valence electrons. The molecule has 2 N–H and O–H groups in total. The van der Waals surface area contributed by atoms with Gasteiger partial charge in [-0.3, -0.25) is 9.59 Å². The Balaban J connectivity index is 1.68. The third-order valence-corrected chi connectivity index (χ3v) is 4.48. The van der Waals surface area contributed by atoms with E-state index in [1.807, 2.05) is 4.90 Å². The predicted octanol–water partition coefficient (Wildman–Crippen LogP) is 1.33. The number of carbonyl (C=O) groups excluding carboxylic acids is 2. The molecule has 6 nitrogen and oxygen atoms in total. The summed E-state index contributed by atoms with van der Waals surface area (Å²) in [5, 5.41) is 0. The second-order valence-corrected chi connectivity index (χ2v) is 6.04. The van der Waals surface area contributed by atoms with Crippen molar-refractivity contribution >= 4 is 11.8 Å². The van der Waals surface area contributed by atoms with Crippen molar-refractivity contribution in [2.24, 2.45) is 5.73 Å². The summed E-state index contributed by atoms with van der Waals surface area (Å²) in [5.74, 6) is 0.0336. The second-order valence-electron chi connectivity index (χ2n) is 6.04. The van der Waals surface area contributed by atoms with Crippen molar-refractivity contribution in [2.45, 2.75) is 37.8 Å². The van der Waals surface area contributed by atoms with E-state index >= 15 is 0 Å². The van der Waals surface area contributed by atoms with Crippen LogP contribution in [0.15, 0.2) is 24.3 Å². The van der Waals surface area contributed by atoms with Crippen molar-refractivity contribution in [2.75, 3.05) is 19.8 Å². The molecule has 2 aliphatic rings. The molecule has 1 saturated carbocycles. The summed E-state index contributed by atoms with van der Waals surface area (Å²) in [6.45, 7) is 1.08. The fourth-order valence-corrected chi connectivity index (χ4v) is 3.36. The van der Waals surface area contributed by atoms with Crippen LogP contribution in [-0.4, -0.2) is 48.6 Å². The lowest BCUT2D eigenvalue weighted by Gasteiger charge is -2.43. The molecule has 1 aromatic rings. The number of nitrogens with zero attached hydrogens (tertiary/aromatic N) is 1. The first-order chi connectivity index (χ1) is 11.1. The van der Waals surface area contributed by atoms with E-state index in [0.29, 0.717) is 24.5 Å². The van der Waals surface area contributed by atoms with Gasteiger partial charge in [0.2, 0.25) is 0 Å². The highest BCUT2D eigenvalue weighted by Crippen LogP contribution is 2.29. The number of rotatable bonds is 4. The van der Waals surface area contributed by atoms with E-state index in [-0.39, 0.29) is 24.7 Å². The van der Waals surface area contributed by atoms with E-state index in [9.17, 15) is 9.59 Å². The maximum absolute atomic E-state index is 12.8. The minimum absolute atomic E-state index is 0.0339.